The van der Waals surface area contributed by atoms with Gasteiger partial charge in [0.05, 0.1) is 16.8 Å². The largest absolute Gasteiger partial charge is 0.470 e. The van der Waals surface area contributed by atoms with E-state index in [0.717, 1.165) is 53.2 Å². The molecule has 4 aromatic rings. The Morgan fingerprint density at radius 1 is 1.03 bits per heavy atom. The summed E-state index contributed by atoms with van der Waals surface area (Å²) in [6, 6.07) is 9.14. The molecule has 1 aliphatic heterocycles. The van der Waals surface area contributed by atoms with E-state index in [2.05, 4.69) is 37.8 Å². The van der Waals surface area contributed by atoms with Crippen LogP contribution in [0.3, 0.4) is 0 Å². The molecule has 0 bridgehead atoms. The summed E-state index contributed by atoms with van der Waals surface area (Å²) in [7, 11) is 0. The van der Waals surface area contributed by atoms with Crippen LogP contribution in [-0.4, -0.2) is 39.6 Å². The molecule has 33 heavy (non-hydrogen) atoms. The van der Waals surface area contributed by atoms with Crippen molar-refractivity contribution in [2.45, 2.75) is 19.8 Å². The molecule has 8 heteroatoms. The predicted molar refractivity (Wildman–Crippen MR) is 127 cm³/mol. The summed E-state index contributed by atoms with van der Waals surface area (Å²) in [5, 5.41) is 0.705. The second-order valence-electron chi connectivity index (χ2n) is 8.88. The van der Waals surface area contributed by atoms with Gasteiger partial charge in [-0.3, -0.25) is 0 Å². The van der Waals surface area contributed by atoms with Crippen molar-refractivity contribution in [3.8, 4) is 16.3 Å². The fourth-order valence-corrected chi connectivity index (χ4v) is 5.71. The van der Waals surface area contributed by atoms with Gasteiger partial charge in [-0.1, -0.05) is 30.7 Å². The van der Waals surface area contributed by atoms with Gasteiger partial charge >= 0.3 is 0 Å². The standard InChI is InChI=1S/C25H24FN5OS/c1-2-3-15-9-28-24(29-10-15)31-12-18-19(13-31)20(18)14-32-25-30-21-6-4-16(8-22(21)33-25)17-5-7-23(26)27-11-17/h4-11,18-20H,2-3,12-14H2,1H3/t18-,19+,20?. The van der Waals surface area contributed by atoms with Crippen LogP contribution in [0.4, 0.5) is 10.3 Å². The lowest BCUT2D eigenvalue weighted by molar-refractivity contribution is 0.282. The first-order chi connectivity index (χ1) is 16.2. The quantitative estimate of drug-likeness (QED) is 0.361. The van der Waals surface area contributed by atoms with E-state index < -0.39 is 5.95 Å². The van der Waals surface area contributed by atoms with Crippen LogP contribution in [0.5, 0.6) is 5.19 Å². The van der Waals surface area contributed by atoms with Crippen LogP contribution in [0.2, 0.25) is 0 Å². The van der Waals surface area contributed by atoms with Gasteiger partial charge in [0.15, 0.2) is 0 Å². The predicted octanol–water partition coefficient (Wildman–Crippen LogP) is 5.00. The number of aryl methyl sites for hydroxylation is 1. The minimum Gasteiger partial charge on any atom is -0.470 e. The smallest absolute Gasteiger partial charge is 0.274 e. The van der Waals surface area contributed by atoms with Crippen molar-refractivity contribution in [3.05, 3.63) is 60.4 Å². The lowest BCUT2D eigenvalue weighted by Crippen LogP contribution is -2.27. The molecular weight excluding hydrogens is 437 g/mol. The number of fused-ring (bicyclic) bond motifs is 2. The minimum absolute atomic E-state index is 0.473. The summed E-state index contributed by atoms with van der Waals surface area (Å²) >= 11 is 1.55. The third-order valence-electron chi connectivity index (χ3n) is 6.71. The molecule has 3 aromatic heterocycles. The molecule has 6 nitrogen and oxygen atoms in total. The average molecular weight is 462 g/mol. The summed E-state index contributed by atoms with van der Waals surface area (Å²) in [6.45, 7) is 4.87. The molecule has 0 radical (unpaired) electrons. The highest BCUT2D eigenvalue weighted by atomic mass is 32.1. The number of ether oxygens (including phenoxy) is 1. The third kappa shape index (κ3) is 4.04. The number of thiazole rings is 1. The van der Waals surface area contributed by atoms with E-state index in [1.54, 1.807) is 23.6 Å². The van der Waals surface area contributed by atoms with Gasteiger partial charge in [-0.15, -0.1) is 0 Å². The van der Waals surface area contributed by atoms with Gasteiger partial charge < -0.3 is 9.64 Å². The number of pyridine rings is 1. The van der Waals surface area contributed by atoms with Crippen LogP contribution >= 0.6 is 11.3 Å². The molecule has 4 heterocycles. The van der Waals surface area contributed by atoms with E-state index in [0.29, 0.717) is 29.6 Å². The molecule has 1 unspecified atom stereocenters. The molecule has 2 aliphatic rings. The third-order valence-corrected chi connectivity index (χ3v) is 7.64. The number of hydrogen-bond donors (Lipinski definition) is 0. The van der Waals surface area contributed by atoms with Crippen molar-refractivity contribution in [2.24, 2.45) is 17.8 Å². The first kappa shape index (κ1) is 20.5. The van der Waals surface area contributed by atoms with Gasteiger partial charge in [0.25, 0.3) is 5.19 Å². The average Bonchev–Trinajstić information content (AvgIpc) is 3.16. The molecule has 3 atom stereocenters. The minimum atomic E-state index is -0.473. The monoisotopic (exact) mass is 461 g/mol. The molecule has 6 rings (SSSR count). The Bertz CT molecular complexity index is 1260. The maximum Gasteiger partial charge on any atom is 0.274 e. The molecule has 1 saturated heterocycles. The second kappa shape index (κ2) is 8.33. The molecule has 2 fully saturated rings. The Morgan fingerprint density at radius 3 is 2.55 bits per heavy atom. The van der Waals surface area contributed by atoms with E-state index in [4.69, 9.17) is 4.74 Å². The zero-order valence-corrected chi connectivity index (χ0v) is 19.1. The van der Waals surface area contributed by atoms with Gasteiger partial charge in [0.2, 0.25) is 11.9 Å². The van der Waals surface area contributed by atoms with Gasteiger partial charge in [-0.2, -0.15) is 4.39 Å². The second-order valence-corrected chi connectivity index (χ2v) is 9.87. The van der Waals surface area contributed by atoms with Crippen molar-refractivity contribution < 1.29 is 9.13 Å². The van der Waals surface area contributed by atoms with Crippen molar-refractivity contribution >= 4 is 27.5 Å². The number of rotatable bonds is 7. The SMILES string of the molecule is CCCc1cnc(N2C[C@@H]3C(COc4nc5ccc(-c6ccc(F)nc6)cc5s4)[C@@H]3C2)nc1. The van der Waals surface area contributed by atoms with Crippen molar-refractivity contribution in [1.29, 1.82) is 0 Å². The van der Waals surface area contributed by atoms with Gasteiger partial charge in [-0.25, -0.2) is 19.9 Å². The van der Waals surface area contributed by atoms with Crippen LogP contribution in [-0.2, 0) is 6.42 Å². The van der Waals surface area contributed by atoms with E-state index in [1.165, 1.54) is 11.6 Å². The number of aromatic nitrogens is 4. The molecule has 168 valence electrons. The summed E-state index contributed by atoms with van der Waals surface area (Å²) in [5.41, 5.74) is 3.99. The van der Waals surface area contributed by atoms with Gasteiger partial charge in [0.1, 0.15) is 0 Å². The Morgan fingerprint density at radius 2 is 1.82 bits per heavy atom. The van der Waals surface area contributed by atoms with E-state index in [1.807, 2.05) is 24.5 Å². The van der Waals surface area contributed by atoms with E-state index in [-0.39, 0.29) is 0 Å². The van der Waals surface area contributed by atoms with E-state index >= 15 is 0 Å². The van der Waals surface area contributed by atoms with Gasteiger partial charge in [-0.05, 0) is 53.6 Å². The van der Waals surface area contributed by atoms with Crippen molar-refractivity contribution in [2.75, 3.05) is 24.6 Å². The number of hydrogen-bond acceptors (Lipinski definition) is 7. The highest BCUT2D eigenvalue weighted by Gasteiger charge is 2.56. The van der Waals surface area contributed by atoms with Gasteiger partial charge in [0, 0.05) is 43.2 Å². The van der Waals surface area contributed by atoms with Crippen molar-refractivity contribution in [1.82, 2.24) is 19.9 Å². The van der Waals surface area contributed by atoms with E-state index in [9.17, 15) is 4.39 Å². The number of piperidine rings is 1. The normalized spacial score (nSPS) is 21.4. The number of benzene rings is 1. The summed E-state index contributed by atoms with van der Waals surface area (Å²) in [6.07, 6.45) is 7.61. The molecule has 1 aromatic carbocycles. The topological polar surface area (TPSA) is 64.0 Å². The highest BCUT2D eigenvalue weighted by Crippen LogP contribution is 2.52. The van der Waals surface area contributed by atoms with Crippen molar-refractivity contribution in [3.63, 3.8) is 0 Å². The number of nitrogens with zero attached hydrogens (tertiary/aromatic N) is 5. The Hall–Kier alpha value is -3.13. The summed E-state index contributed by atoms with van der Waals surface area (Å²) < 4.78 is 20.2. The molecular formula is C25H24FN5OS. The zero-order valence-electron chi connectivity index (χ0n) is 18.3. The fourth-order valence-electron chi connectivity index (χ4n) is 4.85. The van der Waals surface area contributed by atoms with Crippen LogP contribution in [0, 0.1) is 23.7 Å². The lowest BCUT2D eigenvalue weighted by Gasteiger charge is -2.19. The fraction of sp³-hybridized carbons (Fsp3) is 0.360. The molecule has 0 amide bonds. The Balaban J connectivity index is 1.05. The number of halogens is 1. The van der Waals surface area contributed by atoms with Crippen LogP contribution in [0.15, 0.2) is 48.9 Å². The van der Waals surface area contributed by atoms with Crippen LogP contribution < -0.4 is 9.64 Å². The first-order valence-electron chi connectivity index (χ1n) is 11.4. The molecule has 0 spiro atoms. The van der Waals surface area contributed by atoms with Crippen LogP contribution in [0.1, 0.15) is 18.9 Å². The Labute approximate surface area is 195 Å². The Kier molecular flexibility index (Phi) is 5.17. The molecule has 1 aliphatic carbocycles. The maximum absolute atomic E-state index is 13.1. The maximum atomic E-state index is 13.1. The first-order valence-corrected chi connectivity index (χ1v) is 12.2. The zero-order chi connectivity index (χ0) is 22.4. The molecule has 0 N–H and O–H groups in total. The summed E-state index contributed by atoms with van der Waals surface area (Å²) in [5.74, 6) is 2.25. The highest BCUT2D eigenvalue weighted by molar-refractivity contribution is 7.20. The molecule has 1 saturated carbocycles. The van der Waals surface area contributed by atoms with Crippen LogP contribution in [0.25, 0.3) is 21.3 Å². The number of anilines is 1. The lowest BCUT2D eigenvalue weighted by atomic mass is 10.1. The summed E-state index contributed by atoms with van der Waals surface area (Å²) in [4.78, 5) is 19.8.